The van der Waals surface area contributed by atoms with Crippen LogP contribution in [0, 0.1) is 0 Å². The fraction of sp³-hybridized carbons (Fsp3) is 0.765. The maximum Gasteiger partial charge on any atom is 2.00 e. The third kappa shape index (κ3) is 5.25. The summed E-state index contributed by atoms with van der Waals surface area (Å²) in [5.74, 6) is 0. The molecule has 1 aliphatic rings. The van der Waals surface area contributed by atoms with Crippen LogP contribution in [0.5, 0.6) is 0 Å². The fourth-order valence-corrected chi connectivity index (χ4v) is 11.6. The molecule has 0 spiro atoms. The summed E-state index contributed by atoms with van der Waals surface area (Å²) in [6, 6.07) is 0. The zero-order valence-electron chi connectivity index (χ0n) is 15.6. The first kappa shape index (κ1) is 27.8. The van der Waals surface area contributed by atoms with Gasteiger partial charge in [-0.3, -0.25) is 4.74 Å². The Balaban J connectivity index is -0.00000120. The largest absolute Gasteiger partial charge is 2.00 e. The predicted octanol–water partition coefficient (Wildman–Crippen LogP) is 0.432. The van der Waals surface area contributed by atoms with Crippen LogP contribution in [-0.4, -0.2) is 15.5 Å². The molecule has 0 aromatic carbocycles. The third-order valence-electron chi connectivity index (χ3n) is 3.94. The molecule has 0 radical (unpaired) electrons. The number of allylic oxidation sites excluding steroid dienone is 3. The van der Waals surface area contributed by atoms with Gasteiger partial charge in [0.15, 0.2) is 0 Å². The van der Waals surface area contributed by atoms with Crippen LogP contribution in [0.1, 0.15) is 68.7 Å². The standard InChI is InChI=1S/C17H32NP.2ClH.Ti/c1-15(2,3)19(16(4,5)6,17(7,8)9)18-14-12-10-11-13-14;;;/h10-12H,13H2,1-9H3;2*1H;/q;;;+2/p-2. The zero-order chi connectivity index (χ0) is 15.1. The molecule has 0 saturated carbocycles. The minimum Gasteiger partial charge on any atom is -1.00 e. The molecule has 0 amide bonds. The van der Waals surface area contributed by atoms with Crippen molar-refractivity contribution in [1.29, 1.82) is 0 Å². The Labute approximate surface area is 165 Å². The van der Waals surface area contributed by atoms with Crippen molar-refractivity contribution in [3.8, 4) is 0 Å². The van der Waals surface area contributed by atoms with Crippen LogP contribution in [-0.2, 0) is 21.7 Å². The molecule has 0 unspecified atom stereocenters. The number of halogens is 2. The minimum atomic E-state index is -1.58. The molecule has 0 bridgehead atoms. The smallest absolute Gasteiger partial charge is 1.00 e. The number of hydrogen-bond acceptors (Lipinski definition) is 1. The van der Waals surface area contributed by atoms with Gasteiger partial charge in [0.2, 0.25) is 0 Å². The summed E-state index contributed by atoms with van der Waals surface area (Å²) in [6.45, 7) is 21.4. The Morgan fingerprint density at radius 2 is 1.18 bits per heavy atom. The Morgan fingerprint density at radius 3 is 1.41 bits per heavy atom. The van der Waals surface area contributed by atoms with Crippen molar-refractivity contribution in [2.45, 2.75) is 84.2 Å². The van der Waals surface area contributed by atoms with Crippen LogP contribution in [0.25, 0.3) is 0 Å². The SMILES string of the molecule is CC(C)(C)P(=NC1=CC=CC1)(C(C)(C)C)C(C)(C)C.[Cl-].[Cl-].[Ti+2]. The van der Waals surface area contributed by atoms with E-state index in [0.29, 0.717) is 0 Å². The molecule has 128 valence electrons. The van der Waals surface area contributed by atoms with Gasteiger partial charge in [-0.25, -0.2) is 0 Å². The van der Waals surface area contributed by atoms with Gasteiger partial charge in [-0.05, 0) is 28.6 Å². The fourth-order valence-electron chi connectivity index (χ4n) is 4.17. The molecule has 0 aliphatic heterocycles. The van der Waals surface area contributed by atoms with Gasteiger partial charge >= 0.3 is 21.7 Å². The van der Waals surface area contributed by atoms with E-state index in [1.807, 2.05) is 0 Å². The summed E-state index contributed by atoms with van der Waals surface area (Å²) in [6.07, 6.45) is 7.55. The van der Waals surface area contributed by atoms with Gasteiger partial charge in [0.1, 0.15) is 0 Å². The summed E-state index contributed by atoms with van der Waals surface area (Å²) in [7, 11) is -1.58. The molecule has 1 aliphatic carbocycles. The second kappa shape index (κ2) is 8.91. The summed E-state index contributed by atoms with van der Waals surface area (Å²) in [4.78, 5) is 0. The first-order valence-corrected chi connectivity index (χ1v) is 9.05. The van der Waals surface area contributed by atoms with Gasteiger partial charge in [-0.15, -0.1) is 0 Å². The van der Waals surface area contributed by atoms with Gasteiger partial charge in [-0.1, -0.05) is 74.5 Å². The summed E-state index contributed by atoms with van der Waals surface area (Å²) in [5, 5.41) is 0.646. The number of rotatable bonds is 1. The topological polar surface area (TPSA) is 12.4 Å². The second-order valence-corrected chi connectivity index (χ2v) is 14.0. The molecular formula is C17H32Cl2NPTi. The molecule has 0 heterocycles. The quantitative estimate of drug-likeness (QED) is 0.448. The van der Waals surface area contributed by atoms with E-state index in [4.69, 9.17) is 4.74 Å². The third-order valence-corrected chi connectivity index (χ3v) is 10.3. The van der Waals surface area contributed by atoms with Crippen molar-refractivity contribution in [3.05, 3.63) is 23.9 Å². The van der Waals surface area contributed by atoms with Crippen molar-refractivity contribution in [2.75, 3.05) is 0 Å². The Bertz CT molecular complexity index is 418. The van der Waals surface area contributed by atoms with E-state index in [2.05, 4.69) is 80.5 Å². The van der Waals surface area contributed by atoms with E-state index in [1.165, 1.54) is 5.70 Å². The average Bonchev–Trinajstić information content (AvgIpc) is 2.59. The van der Waals surface area contributed by atoms with Crippen LogP contribution < -0.4 is 24.8 Å². The molecule has 0 N–H and O–H groups in total. The summed E-state index contributed by atoms with van der Waals surface area (Å²) < 4.78 is 5.43. The first-order valence-electron chi connectivity index (χ1n) is 7.31. The van der Waals surface area contributed by atoms with Crippen LogP contribution in [0.2, 0.25) is 0 Å². The Kier molecular flexibility index (Phi) is 11.3. The maximum absolute atomic E-state index is 5.43. The van der Waals surface area contributed by atoms with Crippen molar-refractivity contribution in [2.24, 2.45) is 4.74 Å². The van der Waals surface area contributed by atoms with E-state index >= 15 is 0 Å². The molecule has 0 aromatic rings. The van der Waals surface area contributed by atoms with Gasteiger partial charge < -0.3 is 24.8 Å². The second-order valence-electron chi connectivity index (χ2n) is 8.54. The van der Waals surface area contributed by atoms with E-state index in [9.17, 15) is 0 Å². The maximum atomic E-state index is 5.43. The van der Waals surface area contributed by atoms with Crippen LogP contribution in [0.15, 0.2) is 28.7 Å². The molecule has 22 heavy (non-hydrogen) atoms. The van der Waals surface area contributed by atoms with Gasteiger partial charge in [0, 0.05) is 12.1 Å². The Hall–Kier alpha value is 1.00. The molecule has 0 aromatic heterocycles. The van der Waals surface area contributed by atoms with E-state index in [0.717, 1.165) is 6.42 Å². The molecule has 0 atom stereocenters. The molecule has 5 heteroatoms. The number of hydrogen-bond donors (Lipinski definition) is 0. The summed E-state index contributed by atoms with van der Waals surface area (Å²) in [5.41, 5.74) is 1.27. The average molecular weight is 400 g/mol. The van der Waals surface area contributed by atoms with E-state index < -0.39 is 7.05 Å². The monoisotopic (exact) mass is 399 g/mol. The number of nitrogens with zero attached hydrogens (tertiary/aromatic N) is 1. The summed E-state index contributed by atoms with van der Waals surface area (Å²) >= 11 is 0. The van der Waals surface area contributed by atoms with Crippen molar-refractivity contribution in [1.82, 2.24) is 0 Å². The zero-order valence-corrected chi connectivity index (χ0v) is 19.6. The van der Waals surface area contributed by atoms with Crippen molar-refractivity contribution < 1.29 is 46.5 Å². The predicted molar refractivity (Wildman–Crippen MR) is 90.4 cm³/mol. The molecular weight excluding hydrogens is 368 g/mol. The molecule has 1 nitrogen and oxygen atoms in total. The van der Waals surface area contributed by atoms with Crippen molar-refractivity contribution >= 4 is 7.05 Å². The van der Waals surface area contributed by atoms with Crippen LogP contribution in [0.4, 0.5) is 0 Å². The van der Waals surface area contributed by atoms with Crippen LogP contribution in [0.3, 0.4) is 0 Å². The molecule has 0 saturated heterocycles. The first-order chi connectivity index (χ1) is 8.33. The normalized spacial score (nSPS) is 15.2. The van der Waals surface area contributed by atoms with Gasteiger partial charge in [0.05, 0.1) is 0 Å². The molecule has 0 fully saturated rings. The Morgan fingerprint density at radius 1 is 0.818 bits per heavy atom. The van der Waals surface area contributed by atoms with E-state index in [-0.39, 0.29) is 62.0 Å². The van der Waals surface area contributed by atoms with Gasteiger partial charge in [0.25, 0.3) is 0 Å². The van der Waals surface area contributed by atoms with Gasteiger partial charge in [-0.2, -0.15) is 0 Å². The van der Waals surface area contributed by atoms with Crippen LogP contribution >= 0.6 is 7.05 Å². The van der Waals surface area contributed by atoms with Crippen molar-refractivity contribution in [3.63, 3.8) is 0 Å². The van der Waals surface area contributed by atoms with E-state index in [1.54, 1.807) is 0 Å². The molecule has 1 rings (SSSR count). The minimum absolute atomic E-state index is 0.